The van der Waals surface area contributed by atoms with Gasteiger partial charge in [-0.15, -0.1) is 0 Å². The van der Waals surface area contributed by atoms with Gasteiger partial charge in [0.2, 0.25) is 0 Å². The van der Waals surface area contributed by atoms with Crippen molar-refractivity contribution in [3.63, 3.8) is 0 Å². The molecule has 6 aromatic carbocycles. The zero-order valence-corrected chi connectivity index (χ0v) is 28.7. The van der Waals surface area contributed by atoms with Crippen molar-refractivity contribution in [2.45, 2.75) is 31.1 Å². The summed E-state index contributed by atoms with van der Waals surface area (Å²) >= 11 is 0. The van der Waals surface area contributed by atoms with Crippen LogP contribution in [0.5, 0.6) is 0 Å². The number of aromatic nitrogens is 2. The Hall–Kier alpha value is -5.55. The molecule has 1 aromatic heterocycles. The van der Waals surface area contributed by atoms with E-state index in [1.54, 1.807) is 0 Å². The largest absolute Gasteiger partial charge is 0.296 e. The van der Waals surface area contributed by atoms with Crippen LogP contribution in [0.3, 0.4) is 0 Å². The second kappa shape index (κ2) is 15.3. The quantitative estimate of drug-likeness (QED) is 0.0916. The highest BCUT2D eigenvalue weighted by Gasteiger charge is 2.37. The monoisotopic (exact) mass is 653 g/mol. The molecule has 0 aliphatic rings. The van der Waals surface area contributed by atoms with Crippen molar-refractivity contribution in [3.8, 4) is 0 Å². The van der Waals surface area contributed by atoms with Crippen LogP contribution in [0.2, 0.25) is 0 Å². The van der Waals surface area contributed by atoms with Crippen molar-refractivity contribution in [1.82, 2.24) is 15.2 Å². The van der Waals surface area contributed by atoms with Gasteiger partial charge in [-0.3, -0.25) is 10.6 Å². The molecule has 1 heterocycles. The summed E-state index contributed by atoms with van der Waals surface area (Å²) in [4.78, 5) is 0. The number of benzene rings is 6. The van der Waals surface area contributed by atoms with Crippen molar-refractivity contribution >= 4 is 0 Å². The average molecular weight is 654 g/mol. The Balaban J connectivity index is 1.13. The summed E-state index contributed by atoms with van der Waals surface area (Å²) < 4.78 is 4.72. The third-order valence-electron chi connectivity index (χ3n) is 9.98. The predicted octanol–water partition coefficient (Wildman–Crippen LogP) is 8.25. The Kier molecular flexibility index (Phi) is 10.1. The van der Waals surface area contributed by atoms with E-state index < -0.39 is 11.1 Å². The fraction of sp³-hybridized carbons (Fsp3) is 0.152. The van der Waals surface area contributed by atoms with Gasteiger partial charge >= 0.3 is 0 Å². The number of hydrogen-bond acceptors (Lipinski definition) is 2. The van der Waals surface area contributed by atoms with E-state index in [0.29, 0.717) is 0 Å². The van der Waals surface area contributed by atoms with Crippen LogP contribution in [0.1, 0.15) is 39.2 Å². The van der Waals surface area contributed by atoms with Crippen LogP contribution in [-0.4, -0.2) is 17.7 Å². The van der Waals surface area contributed by atoms with E-state index in [0.717, 1.165) is 26.2 Å². The molecule has 0 aliphatic carbocycles. The molecule has 0 unspecified atom stereocenters. The summed E-state index contributed by atoms with van der Waals surface area (Å²) in [6.07, 6.45) is 4.43. The van der Waals surface area contributed by atoms with Crippen LogP contribution in [0.15, 0.2) is 194 Å². The predicted molar refractivity (Wildman–Crippen MR) is 204 cm³/mol. The topological polar surface area (TPSA) is 32.9 Å². The number of nitrogens with zero attached hydrogens (tertiary/aromatic N) is 2. The van der Waals surface area contributed by atoms with E-state index in [9.17, 15) is 0 Å². The van der Waals surface area contributed by atoms with Gasteiger partial charge in [0.05, 0.1) is 11.1 Å². The molecule has 7 aromatic rings. The number of hydrogen-bond donors (Lipinski definition) is 2. The maximum Gasteiger partial charge on any atom is 0.253 e. The summed E-state index contributed by atoms with van der Waals surface area (Å²) in [5.74, 6) is 1.23. The van der Waals surface area contributed by atoms with E-state index in [1.165, 1.54) is 39.2 Å². The molecule has 2 N–H and O–H groups in total. The van der Waals surface area contributed by atoms with Crippen LogP contribution in [0.25, 0.3) is 0 Å². The molecular weight excluding hydrogens is 609 g/mol. The minimum Gasteiger partial charge on any atom is -0.296 e. The van der Waals surface area contributed by atoms with Crippen molar-refractivity contribution in [3.05, 3.63) is 234 Å². The first-order valence-corrected chi connectivity index (χ1v) is 17.6. The summed E-state index contributed by atoms with van der Waals surface area (Å²) in [5, 5.41) is 8.08. The Morgan fingerprint density at radius 2 is 0.740 bits per heavy atom. The van der Waals surface area contributed by atoms with E-state index in [-0.39, 0.29) is 0 Å². The first kappa shape index (κ1) is 33.0. The van der Waals surface area contributed by atoms with Gasteiger partial charge in [0.15, 0.2) is 0 Å². The lowest BCUT2D eigenvalue weighted by atomic mass is 9.77. The molecule has 4 heteroatoms. The molecule has 0 atom stereocenters. The van der Waals surface area contributed by atoms with Crippen molar-refractivity contribution in [2.75, 3.05) is 13.1 Å². The highest BCUT2D eigenvalue weighted by Crippen LogP contribution is 2.38. The first-order valence-electron chi connectivity index (χ1n) is 17.6. The van der Waals surface area contributed by atoms with Gasteiger partial charge < -0.3 is 0 Å². The van der Waals surface area contributed by atoms with Gasteiger partial charge in [-0.1, -0.05) is 182 Å². The maximum absolute atomic E-state index is 4.04. The minimum atomic E-state index is -0.486. The van der Waals surface area contributed by atoms with Gasteiger partial charge in [0.25, 0.3) is 5.82 Å². The molecule has 50 heavy (non-hydrogen) atoms. The highest BCUT2D eigenvalue weighted by atomic mass is 15.2. The molecule has 0 saturated carbocycles. The standard InChI is InChI=1S/C46H45N4/c1-38-49(34-32-47-45(39-20-8-2-9-21-39,40-22-10-3-11-23-40)41-24-12-4-13-25-41)36-37-50(38)35-33-48-46(42-26-14-5-15-27-42,43-28-16-6-17-29-43)44-30-18-7-19-31-44/h2-31,36-37,47-48H,32-35H2,1H3/q+1. The fourth-order valence-corrected chi connectivity index (χ4v) is 7.48. The fourth-order valence-electron chi connectivity index (χ4n) is 7.48. The third-order valence-corrected chi connectivity index (χ3v) is 9.98. The van der Waals surface area contributed by atoms with Crippen molar-refractivity contribution in [2.24, 2.45) is 0 Å². The molecule has 0 bridgehead atoms. The summed E-state index contributed by atoms with van der Waals surface area (Å²) in [6.45, 7) is 5.46. The van der Waals surface area contributed by atoms with E-state index in [1.807, 2.05) is 0 Å². The Morgan fingerprint density at radius 1 is 0.440 bits per heavy atom. The Morgan fingerprint density at radius 3 is 1.06 bits per heavy atom. The summed E-state index contributed by atoms with van der Waals surface area (Å²) in [7, 11) is 0. The van der Waals surface area contributed by atoms with Crippen LogP contribution < -0.4 is 15.2 Å². The highest BCUT2D eigenvalue weighted by molar-refractivity contribution is 5.50. The number of imidazole rings is 1. The third kappa shape index (κ3) is 6.56. The second-order valence-corrected chi connectivity index (χ2v) is 12.8. The molecule has 0 amide bonds. The first-order chi connectivity index (χ1) is 24.7. The zero-order valence-electron chi connectivity index (χ0n) is 28.7. The van der Waals surface area contributed by atoms with E-state index >= 15 is 0 Å². The van der Waals surface area contributed by atoms with Gasteiger partial charge in [-0.25, -0.2) is 9.13 Å². The molecule has 0 radical (unpaired) electrons. The Labute approximate surface area is 296 Å². The molecule has 248 valence electrons. The average Bonchev–Trinajstić information content (AvgIpc) is 3.55. The van der Waals surface area contributed by atoms with Gasteiger partial charge in [-0.05, 0) is 33.4 Å². The zero-order chi connectivity index (χ0) is 34.1. The number of nitrogens with one attached hydrogen (secondary N) is 2. The van der Waals surface area contributed by atoms with Crippen molar-refractivity contribution < 1.29 is 4.57 Å². The van der Waals surface area contributed by atoms with E-state index in [4.69, 9.17) is 0 Å². The van der Waals surface area contributed by atoms with Gasteiger partial charge in [0.1, 0.15) is 25.5 Å². The maximum atomic E-state index is 4.04. The normalized spacial score (nSPS) is 11.8. The van der Waals surface area contributed by atoms with Crippen LogP contribution in [-0.2, 0) is 24.2 Å². The minimum absolute atomic E-state index is 0.486. The molecule has 0 spiro atoms. The molecule has 4 nitrogen and oxygen atoms in total. The lowest BCUT2D eigenvalue weighted by Gasteiger charge is -2.37. The van der Waals surface area contributed by atoms with E-state index in [2.05, 4.69) is 221 Å². The lowest BCUT2D eigenvalue weighted by Crippen LogP contribution is -2.49. The molecule has 7 rings (SSSR count). The smallest absolute Gasteiger partial charge is 0.253 e. The van der Waals surface area contributed by atoms with Crippen LogP contribution in [0, 0.1) is 6.92 Å². The lowest BCUT2D eigenvalue weighted by molar-refractivity contribution is -0.700. The SMILES string of the molecule is Cc1n(CCNC(c2ccccc2)(c2ccccc2)c2ccccc2)cc[n+]1CCNC(c1ccccc1)(c1ccccc1)c1ccccc1. The summed E-state index contributed by atoms with van der Waals surface area (Å²) in [6, 6.07) is 64.9. The Bertz CT molecular complexity index is 1700. The van der Waals surface area contributed by atoms with Gasteiger partial charge in [-0.2, -0.15) is 0 Å². The second-order valence-electron chi connectivity index (χ2n) is 12.8. The molecule has 0 fully saturated rings. The number of rotatable bonds is 14. The van der Waals surface area contributed by atoms with Gasteiger partial charge in [0, 0.05) is 20.0 Å². The van der Waals surface area contributed by atoms with Crippen LogP contribution >= 0.6 is 0 Å². The summed E-state index contributed by atoms with van der Waals surface area (Å²) in [5.41, 5.74) is 6.37. The molecule has 0 aliphatic heterocycles. The molecular formula is C46H45N4+. The van der Waals surface area contributed by atoms with Crippen molar-refractivity contribution in [1.29, 1.82) is 0 Å². The van der Waals surface area contributed by atoms with Crippen LogP contribution in [0.4, 0.5) is 0 Å². The molecule has 0 saturated heterocycles.